The van der Waals surface area contributed by atoms with E-state index in [1.165, 1.54) is 0 Å². The van der Waals surface area contributed by atoms with Gasteiger partial charge in [-0.25, -0.2) is 4.39 Å². The first-order valence-corrected chi connectivity index (χ1v) is 3.82. The molecule has 2 aliphatic carbocycles. The maximum absolute atomic E-state index is 12.9. The molecule has 0 aliphatic heterocycles. The monoisotopic (exact) mass is 161 g/mol. The molecule has 0 amide bonds. The van der Waals surface area contributed by atoms with Gasteiger partial charge in [-0.3, -0.25) is 0 Å². The highest BCUT2D eigenvalue weighted by molar-refractivity contribution is 5.20. The van der Waals surface area contributed by atoms with Gasteiger partial charge < -0.3 is 15.9 Å². The summed E-state index contributed by atoms with van der Waals surface area (Å²) in [5.41, 5.74) is 4.88. The standard InChI is InChI=1S/C7H12FNO2/c8-4-5(9)3-1-7(3,2-10)6(4)11/h3-6,10-11H,1-2,9H2/t3-,4+,5-,6+,7+/m1/s1. The Morgan fingerprint density at radius 1 is 1.64 bits per heavy atom. The van der Waals surface area contributed by atoms with Crippen molar-refractivity contribution >= 4 is 0 Å². The summed E-state index contributed by atoms with van der Waals surface area (Å²) in [6.45, 7) is -0.146. The highest BCUT2D eigenvalue weighted by Crippen LogP contribution is 2.63. The first-order chi connectivity index (χ1) is 5.13. The SMILES string of the molecule is N[C@H]1[C@H](F)[C@H](O)[C@]2(CO)C[C@H]12. The minimum Gasteiger partial charge on any atom is -0.396 e. The zero-order valence-corrected chi connectivity index (χ0v) is 6.07. The normalized spacial score (nSPS) is 61.1. The summed E-state index contributed by atoms with van der Waals surface area (Å²) in [7, 11) is 0. The van der Waals surface area contributed by atoms with Gasteiger partial charge in [-0.05, 0) is 12.3 Å². The predicted molar refractivity (Wildman–Crippen MR) is 36.5 cm³/mol. The summed E-state index contributed by atoms with van der Waals surface area (Å²) in [6, 6.07) is -0.572. The van der Waals surface area contributed by atoms with Crippen LogP contribution in [0.1, 0.15) is 6.42 Å². The summed E-state index contributed by atoms with van der Waals surface area (Å²) in [5.74, 6) is -0.00231. The van der Waals surface area contributed by atoms with Crippen LogP contribution >= 0.6 is 0 Å². The molecule has 2 saturated carbocycles. The van der Waals surface area contributed by atoms with E-state index in [2.05, 4.69) is 0 Å². The third-order valence-electron chi connectivity index (χ3n) is 3.20. The Balaban J connectivity index is 2.21. The average molecular weight is 161 g/mol. The second-order valence-corrected chi connectivity index (χ2v) is 3.67. The second-order valence-electron chi connectivity index (χ2n) is 3.67. The van der Waals surface area contributed by atoms with Crippen molar-refractivity contribution in [3.8, 4) is 0 Å². The Labute approximate surface area is 64.0 Å². The maximum Gasteiger partial charge on any atom is 0.142 e. The smallest absolute Gasteiger partial charge is 0.142 e. The molecular weight excluding hydrogens is 149 g/mol. The molecule has 0 aromatic rings. The van der Waals surface area contributed by atoms with E-state index in [1.54, 1.807) is 0 Å². The molecule has 11 heavy (non-hydrogen) atoms. The number of aliphatic hydroxyl groups excluding tert-OH is 2. The zero-order chi connectivity index (χ0) is 8.22. The third-order valence-corrected chi connectivity index (χ3v) is 3.20. The van der Waals surface area contributed by atoms with E-state index in [4.69, 9.17) is 10.8 Å². The van der Waals surface area contributed by atoms with Crippen LogP contribution in [0, 0.1) is 11.3 Å². The Morgan fingerprint density at radius 3 is 2.55 bits per heavy atom. The Kier molecular flexibility index (Phi) is 1.32. The molecule has 0 unspecified atom stereocenters. The summed E-state index contributed by atoms with van der Waals surface area (Å²) >= 11 is 0. The van der Waals surface area contributed by atoms with Crippen molar-refractivity contribution in [1.29, 1.82) is 0 Å². The van der Waals surface area contributed by atoms with E-state index >= 15 is 0 Å². The molecule has 3 nitrogen and oxygen atoms in total. The fourth-order valence-electron chi connectivity index (χ4n) is 2.23. The van der Waals surface area contributed by atoms with E-state index < -0.39 is 23.7 Å². The van der Waals surface area contributed by atoms with Crippen molar-refractivity contribution in [3.63, 3.8) is 0 Å². The van der Waals surface area contributed by atoms with Crippen LogP contribution in [0.2, 0.25) is 0 Å². The van der Waals surface area contributed by atoms with Crippen LogP contribution in [0.25, 0.3) is 0 Å². The molecule has 0 bridgehead atoms. The van der Waals surface area contributed by atoms with E-state index in [0.717, 1.165) is 0 Å². The lowest BCUT2D eigenvalue weighted by molar-refractivity contribution is 0.0142. The summed E-state index contributed by atoms with van der Waals surface area (Å²) in [5, 5.41) is 18.2. The van der Waals surface area contributed by atoms with Gasteiger partial charge in [0.15, 0.2) is 0 Å². The maximum atomic E-state index is 12.9. The summed E-state index contributed by atoms with van der Waals surface area (Å²) < 4.78 is 12.9. The molecule has 2 rings (SSSR count). The van der Waals surface area contributed by atoms with E-state index in [1.807, 2.05) is 0 Å². The largest absolute Gasteiger partial charge is 0.396 e. The van der Waals surface area contributed by atoms with E-state index in [9.17, 15) is 9.50 Å². The van der Waals surface area contributed by atoms with Gasteiger partial charge >= 0.3 is 0 Å². The Morgan fingerprint density at radius 2 is 2.27 bits per heavy atom. The number of hydrogen-bond acceptors (Lipinski definition) is 3. The molecule has 0 aromatic heterocycles. The van der Waals surface area contributed by atoms with Crippen LogP contribution in [0.4, 0.5) is 4.39 Å². The third kappa shape index (κ3) is 0.673. The van der Waals surface area contributed by atoms with Gasteiger partial charge in [0.2, 0.25) is 0 Å². The number of alkyl halides is 1. The first kappa shape index (κ1) is 7.46. The lowest BCUT2D eigenvalue weighted by atomic mass is 10.0. The van der Waals surface area contributed by atoms with Crippen molar-refractivity contribution in [2.24, 2.45) is 17.1 Å². The van der Waals surface area contributed by atoms with Gasteiger partial charge in [-0.2, -0.15) is 0 Å². The number of nitrogens with two attached hydrogens (primary N) is 1. The van der Waals surface area contributed by atoms with Gasteiger partial charge in [0.05, 0.1) is 12.7 Å². The average Bonchev–Trinajstić information content (AvgIpc) is 2.71. The van der Waals surface area contributed by atoms with Crippen LogP contribution in [0.3, 0.4) is 0 Å². The molecule has 2 fully saturated rings. The summed E-state index contributed by atoms with van der Waals surface area (Å²) in [4.78, 5) is 0. The van der Waals surface area contributed by atoms with Gasteiger partial charge in [0, 0.05) is 11.5 Å². The van der Waals surface area contributed by atoms with Crippen LogP contribution in [-0.2, 0) is 0 Å². The number of rotatable bonds is 1. The Hall–Kier alpha value is -0.190. The molecular formula is C7H12FNO2. The fraction of sp³-hybridized carbons (Fsp3) is 1.00. The van der Waals surface area contributed by atoms with Crippen LogP contribution < -0.4 is 5.73 Å². The van der Waals surface area contributed by atoms with Gasteiger partial charge in [0.25, 0.3) is 0 Å². The number of hydrogen-bond donors (Lipinski definition) is 3. The topological polar surface area (TPSA) is 66.5 Å². The minimum atomic E-state index is -1.35. The molecule has 0 heterocycles. The van der Waals surface area contributed by atoms with Crippen molar-refractivity contribution in [2.45, 2.75) is 24.7 Å². The number of fused-ring (bicyclic) bond motifs is 1. The number of halogens is 1. The van der Waals surface area contributed by atoms with Crippen molar-refractivity contribution < 1.29 is 14.6 Å². The molecule has 0 saturated heterocycles. The predicted octanol–water partition coefficient (Wildman–Crippen LogP) is -0.975. The summed E-state index contributed by atoms with van der Waals surface area (Å²) in [6.07, 6.45) is -1.72. The number of aliphatic hydroxyl groups is 2. The van der Waals surface area contributed by atoms with Crippen LogP contribution in [-0.4, -0.2) is 35.1 Å². The van der Waals surface area contributed by atoms with Gasteiger partial charge in [0.1, 0.15) is 6.17 Å². The zero-order valence-electron chi connectivity index (χ0n) is 6.07. The molecule has 4 N–H and O–H groups in total. The lowest BCUT2D eigenvalue weighted by Gasteiger charge is -2.18. The van der Waals surface area contributed by atoms with Crippen LogP contribution in [0.5, 0.6) is 0 Å². The quantitative estimate of drug-likeness (QED) is 0.463. The van der Waals surface area contributed by atoms with Crippen molar-refractivity contribution in [2.75, 3.05) is 6.61 Å². The van der Waals surface area contributed by atoms with Crippen molar-refractivity contribution in [1.82, 2.24) is 0 Å². The van der Waals surface area contributed by atoms with Crippen molar-refractivity contribution in [3.05, 3.63) is 0 Å². The molecule has 0 spiro atoms. The van der Waals surface area contributed by atoms with E-state index in [0.29, 0.717) is 6.42 Å². The second kappa shape index (κ2) is 1.94. The minimum absolute atomic E-state index is 0.00231. The van der Waals surface area contributed by atoms with Crippen LogP contribution in [0.15, 0.2) is 0 Å². The molecule has 4 heteroatoms. The molecule has 2 aliphatic rings. The fourth-order valence-corrected chi connectivity index (χ4v) is 2.23. The highest BCUT2D eigenvalue weighted by atomic mass is 19.1. The highest BCUT2D eigenvalue weighted by Gasteiger charge is 2.70. The Bertz CT molecular complexity index is 187. The van der Waals surface area contributed by atoms with E-state index in [-0.39, 0.29) is 12.5 Å². The van der Waals surface area contributed by atoms with Gasteiger partial charge in [-0.1, -0.05) is 0 Å². The first-order valence-electron chi connectivity index (χ1n) is 3.82. The molecule has 64 valence electrons. The molecule has 0 aromatic carbocycles. The molecule has 5 atom stereocenters. The molecule has 0 radical (unpaired) electrons. The lowest BCUT2D eigenvalue weighted by Crippen LogP contribution is -2.37. The van der Waals surface area contributed by atoms with Gasteiger partial charge in [-0.15, -0.1) is 0 Å².